The minimum Gasteiger partial charge on any atom is -0.493 e. The van der Waals surface area contributed by atoms with E-state index in [0.717, 1.165) is 5.39 Å². The number of nitrogens with one attached hydrogen (secondary N) is 2. The van der Waals surface area contributed by atoms with Gasteiger partial charge >= 0.3 is 0 Å². The molecule has 2 rings (SSSR count). The lowest BCUT2D eigenvalue weighted by atomic mass is 10.2. The lowest BCUT2D eigenvalue weighted by Gasteiger charge is -2.09. The molecule has 0 amide bonds. The zero-order valence-corrected chi connectivity index (χ0v) is 13.4. The molecule has 5 nitrogen and oxygen atoms in total. The summed E-state index contributed by atoms with van der Waals surface area (Å²) >= 11 is 5.12. The average molecular weight is 305 g/mol. The van der Waals surface area contributed by atoms with Crippen LogP contribution in [0, 0.1) is 0 Å². The normalized spacial score (nSPS) is 11.8. The molecule has 0 saturated heterocycles. The first-order valence-electron chi connectivity index (χ1n) is 6.69. The summed E-state index contributed by atoms with van der Waals surface area (Å²) in [4.78, 5) is 0. The van der Waals surface area contributed by atoms with Gasteiger partial charge in [0.25, 0.3) is 0 Å². The second kappa shape index (κ2) is 6.58. The van der Waals surface area contributed by atoms with E-state index in [0.29, 0.717) is 27.9 Å². The number of para-hydroxylation sites is 1. The van der Waals surface area contributed by atoms with Gasteiger partial charge in [-0.05, 0) is 45.1 Å². The number of benzene rings is 1. The van der Waals surface area contributed by atoms with Crippen LogP contribution in [0.2, 0.25) is 0 Å². The molecular formula is C15H19N3O2S. The highest BCUT2D eigenvalue weighted by molar-refractivity contribution is 7.80. The van der Waals surface area contributed by atoms with Crippen molar-refractivity contribution in [2.45, 2.75) is 26.8 Å². The Balaban J connectivity index is 2.19. The molecule has 1 aromatic carbocycles. The van der Waals surface area contributed by atoms with E-state index in [2.05, 4.69) is 15.8 Å². The van der Waals surface area contributed by atoms with Crippen LogP contribution in [-0.2, 0) is 0 Å². The minimum absolute atomic E-state index is 0.260. The minimum atomic E-state index is 0.260. The van der Waals surface area contributed by atoms with Gasteiger partial charge in [0, 0.05) is 11.4 Å². The Bertz CT molecular complexity index is 677. The van der Waals surface area contributed by atoms with Gasteiger partial charge in [0.2, 0.25) is 0 Å². The molecule has 2 N–H and O–H groups in total. The van der Waals surface area contributed by atoms with Crippen molar-refractivity contribution < 1.29 is 9.15 Å². The zero-order chi connectivity index (χ0) is 15.4. The van der Waals surface area contributed by atoms with Crippen molar-refractivity contribution in [2.75, 3.05) is 7.11 Å². The number of ether oxygens (including phenoxy) is 1. The van der Waals surface area contributed by atoms with Crippen LogP contribution >= 0.6 is 12.2 Å². The third-order valence-electron chi connectivity index (χ3n) is 2.83. The van der Waals surface area contributed by atoms with E-state index < -0.39 is 0 Å². The topological polar surface area (TPSA) is 58.8 Å². The summed E-state index contributed by atoms with van der Waals surface area (Å²) in [6, 6.07) is 7.94. The van der Waals surface area contributed by atoms with Gasteiger partial charge in [-0.25, -0.2) is 0 Å². The van der Waals surface area contributed by atoms with Gasteiger partial charge in [0.05, 0.1) is 7.11 Å². The molecule has 112 valence electrons. The zero-order valence-electron chi connectivity index (χ0n) is 12.6. The Morgan fingerprint density at radius 3 is 2.81 bits per heavy atom. The molecule has 0 spiro atoms. The van der Waals surface area contributed by atoms with E-state index in [1.54, 1.807) is 7.11 Å². The first kappa shape index (κ1) is 15.3. The summed E-state index contributed by atoms with van der Waals surface area (Å²) in [5.74, 6) is 1.38. The molecule has 0 fully saturated rings. The summed E-state index contributed by atoms with van der Waals surface area (Å²) < 4.78 is 11.1. The molecule has 6 heteroatoms. The van der Waals surface area contributed by atoms with E-state index in [4.69, 9.17) is 21.4 Å². The van der Waals surface area contributed by atoms with Crippen LogP contribution in [0.3, 0.4) is 0 Å². The maximum absolute atomic E-state index is 5.81. The molecule has 0 aliphatic heterocycles. The van der Waals surface area contributed by atoms with Crippen LogP contribution in [0.1, 0.15) is 26.5 Å². The third-order valence-corrected chi connectivity index (χ3v) is 3.04. The summed E-state index contributed by atoms with van der Waals surface area (Å²) in [6.45, 7) is 5.88. The highest BCUT2D eigenvalue weighted by Crippen LogP contribution is 2.28. The SMILES string of the molecule is COc1cccc2cc(/C(C)=N\NC(=S)NC(C)C)oc12. The van der Waals surface area contributed by atoms with Crippen molar-refractivity contribution >= 4 is 34.0 Å². The van der Waals surface area contributed by atoms with Crippen LogP contribution in [0.25, 0.3) is 11.0 Å². The Hall–Kier alpha value is -2.08. The fourth-order valence-corrected chi connectivity index (χ4v) is 2.14. The number of hydrogen-bond donors (Lipinski definition) is 2. The molecule has 0 atom stereocenters. The molecule has 21 heavy (non-hydrogen) atoms. The largest absolute Gasteiger partial charge is 0.493 e. The number of fused-ring (bicyclic) bond motifs is 1. The molecule has 1 aromatic heterocycles. The lowest BCUT2D eigenvalue weighted by molar-refractivity contribution is 0.410. The Kier molecular flexibility index (Phi) is 4.80. The maximum Gasteiger partial charge on any atom is 0.187 e. The number of thiocarbonyl (C=S) groups is 1. The third kappa shape index (κ3) is 3.72. The predicted octanol–water partition coefficient (Wildman–Crippen LogP) is 3.04. The van der Waals surface area contributed by atoms with Crippen LogP contribution in [0.5, 0.6) is 5.75 Å². The van der Waals surface area contributed by atoms with Crippen LogP contribution < -0.4 is 15.5 Å². The quantitative estimate of drug-likeness (QED) is 0.516. The molecule has 0 radical (unpaired) electrons. The highest BCUT2D eigenvalue weighted by Gasteiger charge is 2.10. The molecule has 0 unspecified atom stereocenters. The second-order valence-electron chi connectivity index (χ2n) is 4.93. The van der Waals surface area contributed by atoms with E-state index in [1.165, 1.54) is 0 Å². The van der Waals surface area contributed by atoms with E-state index in [-0.39, 0.29) is 6.04 Å². The molecule has 2 aromatic rings. The average Bonchev–Trinajstić information content (AvgIpc) is 2.87. The van der Waals surface area contributed by atoms with Gasteiger partial charge in [-0.3, -0.25) is 5.43 Å². The fraction of sp³-hybridized carbons (Fsp3) is 0.333. The Labute approximate surface area is 129 Å². The summed E-state index contributed by atoms with van der Waals surface area (Å²) in [6.07, 6.45) is 0. The number of nitrogens with zero attached hydrogens (tertiary/aromatic N) is 1. The predicted molar refractivity (Wildman–Crippen MR) is 89.0 cm³/mol. The van der Waals surface area contributed by atoms with Gasteiger partial charge in [-0.15, -0.1) is 0 Å². The van der Waals surface area contributed by atoms with Gasteiger partial charge in [0.1, 0.15) is 5.71 Å². The lowest BCUT2D eigenvalue weighted by Crippen LogP contribution is -2.37. The number of hydrazone groups is 1. The number of rotatable bonds is 4. The van der Waals surface area contributed by atoms with Crippen LogP contribution in [0.4, 0.5) is 0 Å². The smallest absolute Gasteiger partial charge is 0.187 e. The standard InChI is InChI=1S/C15H19N3O2S/c1-9(2)16-15(21)18-17-10(3)13-8-11-6-5-7-12(19-4)14(11)20-13/h5-9H,1-4H3,(H2,16,18,21)/b17-10-. The molecule has 0 bridgehead atoms. The Morgan fingerprint density at radius 1 is 1.38 bits per heavy atom. The first-order valence-corrected chi connectivity index (χ1v) is 7.09. The number of furan rings is 1. The summed E-state index contributed by atoms with van der Waals surface area (Å²) in [5, 5.41) is 8.74. The summed E-state index contributed by atoms with van der Waals surface area (Å²) in [7, 11) is 1.62. The summed E-state index contributed by atoms with van der Waals surface area (Å²) in [5.41, 5.74) is 4.23. The van der Waals surface area contributed by atoms with Gasteiger partial charge in [-0.2, -0.15) is 5.10 Å². The molecular weight excluding hydrogens is 286 g/mol. The van der Waals surface area contributed by atoms with Crippen molar-refractivity contribution in [1.82, 2.24) is 10.7 Å². The Morgan fingerprint density at radius 2 is 2.14 bits per heavy atom. The van der Waals surface area contributed by atoms with Crippen molar-refractivity contribution in [1.29, 1.82) is 0 Å². The molecule has 1 heterocycles. The number of hydrogen-bond acceptors (Lipinski definition) is 4. The monoisotopic (exact) mass is 305 g/mol. The second-order valence-corrected chi connectivity index (χ2v) is 5.33. The van der Waals surface area contributed by atoms with Crippen LogP contribution in [0.15, 0.2) is 33.8 Å². The van der Waals surface area contributed by atoms with E-state index in [1.807, 2.05) is 45.0 Å². The number of methoxy groups -OCH3 is 1. The van der Waals surface area contributed by atoms with Gasteiger partial charge in [-0.1, -0.05) is 12.1 Å². The van der Waals surface area contributed by atoms with Gasteiger partial charge < -0.3 is 14.5 Å². The van der Waals surface area contributed by atoms with Crippen molar-refractivity contribution in [2.24, 2.45) is 5.10 Å². The van der Waals surface area contributed by atoms with E-state index >= 15 is 0 Å². The fourth-order valence-electron chi connectivity index (χ4n) is 1.86. The first-order chi connectivity index (χ1) is 10.0. The van der Waals surface area contributed by atoms with E-state index in [9.17, 15) is 0 Å². The molecule has 0 aliphatic rings. The molecule has 0 aliphatic carbocycles. The maximum atomic E-state index is 5.81. The van der Waals surface area contributed by atoms with Gasteiger partial charge in [0.15, 0.2) is 22.2 Å². The van der Waals surface area contributed by atoms with Crippen molar-refractivity contribution in [3.8, 4) is 5.75 Å². The van der Waals surface area contributed by atoms with Crippen molar-refractivity contribution in [3.05, 3.63) is 30.0 Å². The highest BCUT2D eigenvalue weighted by atomic mass is 32.1. The molecule has 0 saturated carbocycles. The van der Waals surface area contributed by atoms with Crippen molar-refractivity contribution in [3.63, 3.8) is 0 Å². The van der Waals surface area contributed by atoms with Crippen LogP contribution in [-0.4, -0.2) is 24.0 Å².